The number of benzene rings is 3. The molecule has 0 bridgehead atoms. The number of halogens is 1. The fraction of sp³-hybridized carbons (Fsp3) is 0.143. The first-order chi connectivity index (χ1) is 13.4. The van der Waals surface area contributed by atoms with Gasteiger partial charge < -0.3 is 16.4 Å². The molecule has 0 fully saturated rings. The summed E-state index contributed by atoms with van der Waals surface area (Å²) in [5.41, 5.74) is 18.9. The fourth-order valence-corrected chi connectivity index (χ4v) is 4.62. The van der Waals surface area contributed by atoms with E-state index < -0.39 is 0 Å². The second kappa shape index (κ2) is 6.83. The average molecular weight is 439 g/mol. The van der Waals surface area contributed by atoms with Crippen molar-refractivity contribution in [2.45, 2.75) is 13.0 Å². The van der Waals surface area contributed by atoms with Crippen LogP contribution in [0.25, 0.3) is 11.1 Å². The van der Waals surface area contributed by atoms with Crippen LogP contribution in [0.5, 0.6) is 0 Å². The van der Waals surface area contributed by atoms with E-state index in [1.165, 1.54) is 0 Å². The summed E-state index contributed by atoms with van der Waals surface area (Å²) < 4.78 is 0.925. The van der Waals surface area contributed by atoms with Crippen LogP contribution in [0.3, 0.4) is 0 Å². The van der Waals surface area contributed by atoms with E-state index in [0.717, 1.165) is 39.0 Å². The normalized spacial score (nSPS) is 15.1. The van der Waals surface area contributed by atoms with Crippen molar-refractivity contribution in [3.8, 4) is 11.1 Å². The molecule has 0 saturated heterocycles. The minimum absolute atomic E-state index is 0.0720. The van der Waals surface area contributed by atoms with Crippen LogP contribution in [-0.2, 0) is 0 Å². The number of hydrogen-bond acceptors (Lipinski definition) is 5. The number of nitrogen functional groups attached to an aromatic ring is 2. The monoisotopic (exact) mass is 438 g/mol. The van der Waals surface area contributed by atoms with Crippen LogP contribution >= 0.6 is 15.9 Å². The summed E-state index contributed by atoms with van der Waals surface area (Å²) >= 11 is 3.67. The Morgan fingerprint density at radius 2 is 1.79 bits per heavy atom. The molecule has 0 saturated carbocycles. The van der Waals surface area contributed by atoms with Crippen molar-refractivity contribution in [1.29, 1.82) is 0 Å². The van der Waals surface area contributed by atoms with Crippen molar-refractivity contribution in [2.75, 3.05) is 22.9 Å². The van der Waals surface area contributed by atoms with E-state index in [9.17, 15) is 10.1 Å². The highest BCUT2D eigenvalue weighted by Gasteiger charge is 2.33. The Hall–Kier alpha value is -3.06. The zero-order chi connectivity index (χ0) is 20.0. The van der Waals surface area contributed by atoms with Crippen LogP contribution in [0.1, 0.15) is 24.1 Å². The molecule has 3 aromatic rings. The lowest BCUT2D eigenvalue weighted by Crippen LogP contribution is -2.33. The largest absolute Gasteiger partial charge is 0.399 e. The van der Waals surface area contributed by atoms with E-state index in [0.29, 0.717) is 11.4 Å². The molecule has 0 radical (unpaired) electrons. The molecule has 1 heterocycles. The molecule has 142 valence electrons. The van der Waals surface area contributed by atoms with Crippen molar-refractivity contribution in [1.82, 2.24) is 0 Å². The van der Waals surface area contributed by atoms with Crippen LogP contribution in [0.15, 0.2) is 59.1 Å². The smallest absolute Gasteiger partial charge is 0.269 e. The lowest BCUT2D eigenvalue weighted by atomic mass is 9.84. The lowest BCUT2D eigenvalue weighted by Gasteiger charge is -2.40. The molecule has 3 aromatic carbocycles. The van der Waals surface area contributed by atoms with Crippen molar-refractivity contribution >= 4 is 38.7 Å². The van der Waals surface area contributed by atoms with Gasteiger partial charge in [0.2, 0.25) is 0 Å². The molecule has 7 heteroatoms. The molecular formula is C21H19BrN4O2. The molecule has 0 amide bonds. The first kappa shape index (κ1) is 18.3. The van der Waals surface area contributed by atoms with Crippen molar-refractivity contribution in [3.05, 3.63) is 80.3 Å². The van der Waals surface area contributed by atoms with Gasteiger partial charge >= 0.3 is 0 Å². The van der Waals surface area contributed by atoms with Crippen molar-refractivity contribution in [2.24, 2.45) is 0 Å². The standard InChI is InChI=1S/C21H19BrN4O2/c1-2-25-19-11-14(24)10-18(22)20(19)16-8-5-13(23)9-17(16)21(25)12-3-6-15(7-4-12)26(27)28/h3-11,21H,2,23-24H2,1H3. The average Bonchev–Trinajstić information content (AvgIpc) is 2.66. The van der Waals surface area contributed by atoms with Crippen LogP contribution in [0.4, 0.5) is 22.7 Å². The minimum atomic E-state index is -0.388. The molecule has 0 aliphatic carbocycles. The van der Waals surface area contributed by atoms with E-state index in [1.54, 1.807) is 12.1 Å². The number of fused-ring (bicyclic) bond motifs is 3. The number of nitro benzene ring substituents is 1. The summed E-state index contributed by atoms with van der Waals surface area (Å²) in [5, 5.41) is 11.1. The quantitative estimate of drug-likeness (QED) is 0.335. The molecule has 4 N–H and O–H groups in total. The van der Waals surface area contributed by atoms with E-state index in [-0.39, 0.29) is 16.7 Å². The molecule has 0 spiro atoms. The summed E-state index contributed by atoms with van der Waals surface area (Å²) in [5.74, 6) is 0. The van der Waals surface area contributed by atoms with Crippen molar-refractivity contribution < 1.29 is 4.92 Å². The molecule has 4 rings (SSSR count). The third-order valence-electron chi connectivity index (χ3n) is 5.11. The summed E-state index contributed by atoms with van der Waals surface area (Å²) in [6, 6.07) is 16.4. The zero-order valence-corrected chi connectivity index (χ0v) is 16.8. The number of anilines is 3. The maximum absolute atomic E-state index is 11.1. The second-order valence-corrected chi connectivity index (χ2v) is 7.64. The fourth-order valence-electron chi connectivity index (χ4n) is 3.94. The second-order valence-electron chi connectivity index (χ2n) is 6.78. The van der Waals surface area contributed by atoms with E-state index in [4.69, 9.17) is 11.5 Å². The van der Waals surface area contributed by atoms with Gasteiger partial charge in [-0.2, -0.15) is 0 Å². The van der Waals surface area contributed by atoms with Crippen LogP contribution in [0, 0.1) is 10.1 Å². The van der Waals surface area contributed by atoms with Gasteiger partial charge in [0.25, 0.3) is 5.69 Å². The Balaban J connectivity index is 1.98. The van der Waals surface area contributed by atoms with Gasteiger partial charge in [0.1, 0.15) is 0 Å². The molecule has 0 aromatic heterocycles. The maximum Gasteiger partial charge on any atom is 0.269 e. The number of nitrogens with zero attached hydrogens (tertiary/aromatic N) is 2. The molecule has 1 aliphatic heterocycles. The minimum Gasteiger partial charge on any atom is -0.399 e. The molecule has 6 nitrogen and oxygen atoms in total. The summed E-state index contributed by atoms with van der Waals surface area (Å²) in [7, 11) is 0. The Morgan fingerprint density at radius 1 is 1.07 bits per heavy atom. The van der Waals surface area contributed by atoms with Gasteiger partial charge in [0.15, 0.2) is 0 Å². The number of hydrogen-bond donors (Lipinski definition) is 2. The summed E-state index contributed by atoms with van der Waals surface area (Å²) in [4.78, 5) is 12.9. The van der Waals surface area contributed by atoms with Gasteiger partial charge in [-0.15, -0.1) is 0 Å². The Labute approximate surface area is 171 Å². The van der Waals surface area contributed by atoms with Crippen molar-refractivity contribution in [3.63, 3.8) is 0 Å². The Bertz CT molecular complexity index is 1080. The Kier molecular flexibility index (Phi) is 4.47. The van der Waals surface area contributed by atoms with Gasteiger partial charge in [-0.1, -0.05) is 6.07 Å². The van der Waals surface area contributed by atoms with E-state index in [1.807, 2.05) is 42.5 Å². The number of nitrogens with two attached hydrogens (primary N) is 2. The number of rotatable bonds is 3. The highest BCUT2D eigenvalue weighted by molar-refractivity contribution is 9.10. The van der Waals surface area contributed by atoms with Gasteiger partial charge in [-0.3, -0.25) is 10.1 Å². The lowest BCUT2D eigenvalue weighted by molar-refractivity contribution is -0.384. The highest BCUT2D eigenvalue weighted by Crippen LogP contribution is 2.51. The van der Waals surface area contributed by atoms with Gasteiger partial charge in [0, 0.05) is 45.8 Å². The first-order valence-electron chi connectivity index (χ1n) is 8.90. The molecule has 1 aliphatic rings. The molecule has 1 atom stereocenters. The maximum atomic E-state index is 11.1. The highest BCUT2D eigenvalue weighted by atomic mass is 79.9. The summed E-state index contributed by atoms with van der Waals surface area (Å²) in [6.07, 6.45) is 0. The van der Waals surface area contributed by atoms with Gasteiger partial charge in [0.05, 0.1) is 11.0 Å². The Morgan fingerprint density at radius 3 is 2.43 bits per heavy atom. The molecular weight excluding hydrogens is 420 g/mol. The first-order valence-corrected chi connectivity index (χ1v) is 9.69. The third-order valence-corrected chi connectivity index (χ3v) is 5.74. The number of nitro groups is 1. The predicted octanol–water partition coefficient (Wildman–Crippen LogP) is 5.12. The topological polar surface area (TPSA) is 98.4 Å². The van der Waals surface area contributed by atoms with E-state index in [2.05, 4.69) is 27.8 Å². The SMILES string of the molecule is CCN1c2cc(N)cc(Br)c2-c2ccc(N)cc2C1c1ccc([N+](=O)[O-])cc1. The van der Waals surface area contributed by atoms with Gasteiger partial charge in [-0.25, -0.2) is 0 Å². The van der Waals surface area contributed by atoms with Crippen LogP contribution in [-0.4, -0.2) is 11.5 Å². The zero-order valence-electron chi connectivity index (χ0n) is 15.2. The third kappa shape index (κ3) is 2.88. The van der Waals surface area contributed by atoms with Crippen LogP contribution < -0.4 is 16.4 Å². The summed E-state index contributed by atoms with van der Waals surface area (Å²) in [6.45, 7) is 2.81. The van der Waals surface area contributed by atoms with Crippen LogP contribution in [0.2, 0.25) is 0 Å². The molecule has 1 unspecified atom stereocenters. The predicted molar refractivity (Wildman–Crippen MR) is 116 cm³/mol. The van der Waals surface area contributed by atoms with Gasteiger partial charge in [-0.05, 0) is 75.9 Å². The molecule has 28 heavy (non-hydrogen) atoms. The van der Waals surface area contributed by atoms with E-state index >= 15 is 0 Å². The number of non-ortho nitro benzene ring substituents is 1.